The van der Waals surface area contributed by atoms with Crippen LogP contribution in [0.4, 0.5) is 0 Å². The summed E-state index contributed by atoms with van der Waals surface area (Å²) in [5.74, 6) is 0.495. The molecule has 146 valence electrons. The van der Waals surface area contributed by atoms with Gasteiger partial charge in [-0.3, -0.25) is 19.4 Å². The lowest BCUT2D eigenvalue weighted by Gasteiger charge is -2.10. The highest BCUT2D eigenvalue weighted by molar-refractivity contribution is 5.93. The first-order valence-corrected chi connectivity index (χ1v) is 9.22. The van der Waals surface area contributed by atoms with Crippen molar-refractivity contribution in [1.29, 1.82) is 0 Å². The summed E-state index contributed by atoms with van der Waals surface area (Å²) in [7, 11) is 0. The Morgan fingerprint density at radius 3 is 2.62 bits per heavy atom. The van der Waals surface area contributed by atoms with Gasteiger partial charge in [0, 0.05) is 48.0 Å². The molecule has 0 aliphatic rings. The second-order valence-electron chi connectivity index (χ2n) is 6.64. The monoisotopic (exact) mass is 388 g/mol. The van der Waals surface area contributed by atoms with Crippen LogP contribution in [0, 0.1) is 13.8 Å². The van der Waals surface area contributed by atoms with Crippen LogP contribution in [-0.2, 0) is 6.54 Å². The minimum atomic E-state index is -0.149. The van der Waals surface area contributed by atoms with E-state index in [1.165, 1.54) is 0 Å². The molecule has 4 aromatic heterocycles. The fraction of sp³-hybridized carbons (Fsp3) is 0.190. The molecule has 0 fully saturated rings. The molecule has 0 unspecified atom stereocenters. The average molecular weight is 388 g/mol. The molecule has 0 saturated carbocycles. The normalized spacial score (nSPS) is 10.8. The third-order valence-corrected chi connectivity index (χ3v) is 4.47. The van der Waals surface area contributed by atoms with E-state index in [0.29, 0.717) is 24.4 Å². The van der Waals surface area contributed by atoms with Crippen molar-refractivity contribution < 1.29 is 9.32 Å². The van der Waals surface area contributed by atoms with Crippen LogP contribution in [0.15, 0.2) is 59.6 Å². The molecule has 4 heterocycles. The van der Waals surface area contributed by atoms with E-state index in [1.807, 2.05) is 42.9 Å². The first-order chi connectivity index (χ1) is 14.1. The molecular formula is C21H20N6O2. The zero-order valence-corrected chi connectivity index (χ0v) is 16.2. The average Bonchev–Trinajstić information content (AvgIpc) is 3.35. The molecule has 0 spiro atoms. The number of nitrogens with one attached hydrogen (secondary N) is 1. The van der Waals surface area contributed by atoms with Gasteiger partial charge in [-0.1, -0.05) is 5.16 Å². The van der Waals surface area contributed by atoms with E-state index < -0.39 is 0 Å². The second-order valence-corrected chi connectivity index (χ2v) is 6.64. The van der Waals surface area contributed by atoms with E-state index in [0.717, 1.165) is 28.2 Å². The maximum absolute atomic E-state index is 12.3. The van der Waals surface area contributed by atoms with Gasteiger partial charge in [-0.15, -0.1) is 0 Å². The number of nitrogens with zero attached hydrogens (tertiary/aromatic N) is 5. The first kappa shape index (κ1) is 18.5. The smallest absolute Gasteiger partial charge is 0.251 e. The van der Waals surface area contributed by atoms with Crippen molar-refractivity contribution >= 4 is 5.91 Å². The van der Waals surface area contributed by atoms with Crippen molar-refractivity contribution in [1.82, 2.24) is 30.2 Å². The van der Waals surface area contributed by atoms with Gasteiger partial charge in [-0.05, 0) is 38.1 Å². The number of hydrogen-bond acceptors (Lipinski definition) is 6. The van der Waals surface area contributed by atoms with Crippen LogP contribution in [0.1, 0.15) is 21.7 Å². The number of aromatic nitrogens is 5. The number of carbonyl (C=O) groups excluding carboxylic acids is 1. The lowest BCUT2D eigenvalue weighted by molar-refractivity contribution is 0.0952. The maximum Gasteiger partial charge on any atom is 0.251 e. The maximum atomic E-state index is 12.3. The Kier molecular flexibility index (Phi) is 5.15. The highest BCUT2D eigenvalue weighted by atomic mass is 16.5. The summed E-state index contributed by atoms with van der Waals surface area (Å²) in [6.45, 7) is 4.73. The van der Waals surface area contributed by atoms with E-state index in [9.17, 15) is 4.79 Å². The van der Waals surface area contributed by atoms with Crippen molar-refractivity contribution in [3.8, 4) is 22.6 Å². The Bertz CT molecular complexity index is 1120. The third kappa shape index (κ3) is 4.06. The standard InChI is InChI=1S/C21H20N6O2/c1-14-3-4-17(12-24-14)20-18(19-11-15(2)26-29-19)13-25-27(20)10-9-23-21(28)16-5-7-22-8-6-16/h3-8,11-13H,9-10H2,1-2H3,(H,23,28). The second kappa shape index (κ2) is 8.05. The Morgan fingerprint density at radius 1 is 1.10 bits per heavy atom. The lowest BCUT2D eigenvalue weighted by Crippen LogP contribution is -2.27. The molecule has 8 heteroatoms. The largest absolute Gasteiger partial charge is 0.356 e. The number of hydrogen-bond donors (Lipinski definition) is 1. The molecule has 4 aromatic rings. The molecule has 29 heavy (non-hydrogen) atoms. The molecule has 0 aliphatic carbocycles. The number of rotatable bonds is 6. The van der Waals surface area contributed by atoms with Gasteiger partial charge in [0.1, 0.15) is 0 Å². The van der Waals surface area contributed by atoms with Crippen molar-refractivity contribution in [2.24, 2.45) is 0 Å². The quantitative estimate of drug-likeness (QED) is 0.545. The van der Waals surface area contributed by atoms with Crippen LogP contribution in [0.3, 0.4) is 0 Å². The topological polar surface area (TPSA) is 98.7 Å². The molecule has 1 N–H and O–H groups in total. The summed E-state index contributed by atoms with van der Waals surface area (Å²) >= 11 is 0. The molecular weight excluding hydrogens is 368 g/mol. The highest BCUT2D eigenvalue weighted by Gasteiger charge is 2.18. The third-order valence-electron chi connectivity index (χ3n) is 4.47. The molecule has 0 atom stereocenters. The summed E-state index contributed by atoms with van der Waals surface area (Å²) in [6, 6.07) is 9.18. The van der Waals surface area contributed by atoms with Gasteiger partial charge < -0.3 is 9.84 Å². The van der Waals surface area contributed by atoms with E-state index in [1.54, 1.807) is 30.7 Å². The van der Waals surface area contributed by atoms with Crippen LogP contribution < -0.4 is 5.32 Å². The van der Waals surface area contributed by atoms with Gasteiger partial charge in [0.25, 0.3) is 5.91 Å². The van der Waals surface area contributed by atoms with E-state index in [4.69, 9.17) is 4.52 Å². The molecule has 0 aliphatic heterocycles. The summed E-state index contributed by atoms with van der Waals surface area (Å²) in [5, 5.41) is 11.4. The Morgan fingerprint density at radius 2 is 1.93 bits per heavy atom. The van der Waals surface area contributed by atoms with Crippen LogP contribution in [0.2, 0.25) is 0 Å². The predicted molar refractivity (Wildman–Crippen MR) is 107 cm³/mol. The van der Waals surface area contributed by atoms with Gasteiger partial charge in [0.05, 0.1) is 29.7 Å². The first-order valence-electron chi connectivity index (χ1n) is 9.22. The molecule has 1 amide bonds. The zero-order chi connectivity index (χ0) is 20.2. The summed E-state index contributed by atoms with van der Waals surface area (Å²) in [6.07, 6.45) is 6.75. The van der Waals surface area contributed by atoms with E-state index >= 15 is 0 Å². The minimum absolute atomic E-state index is 0.149. The highest BCUT2D eigenvalue weighted by Crippen LogP contribution is 2.32. The summed E-state index contributed by atoms with van der Waals surface area (Å²) in [5.41, 5.74) is 4.91. The van der Waals surface area contributed by atoms with E-state index in [2.05, 4.69) is 25.5 Å². The number of amides is 1. The molecule has 8 nitrogen and oxygen atoms in total. The molecule has 0 saturated heterocycles. The molecule has 4 rings (SSSR count). The Labute approximate surface area is 167 Å². The van der Waals surface area contributed by atoms with Gasteiger partial charge in [0.2, 0.25) is 0 Å². The summed E-state index contributed by atoms with van der Waals surface area (Å²) < 4.78 is 7.29. The molecule has 0 bridgehead atoms. The van der Waals surface area contributed by atoms with Gasteiger partial charge in [0.15, 0.2) is 5.76 Å². The minimum Gasteiger partial charge on any atom is -0.356 e. The lowest BCUT2D eigenvalue weighted by atomic mass is 10.1. The summed E-state index contributed by atoms with van der Waals surface area (Å²) in [4.78, 5) is 20.6. The van der Waals surface area contributed by atoms with Crippen LogP contribution in [-0.4, -0.2) is 37.4 Å². The van der Waals surface area contributed by atoms with Crippen molar-refractivity contribution in [2.75, 3.05) is 6.54 Å². The molecule has 0 aromatic carbocycles. The van der Waals surface area contributed by atoms with E-state index in [-0.39, 0.29) is 5.91 Å². The fourth-order valence-electron chi connectivity index (χ4n) is 3.02. The Hall–Kier alpha value is -3.81. The van der Waals surface area contributed by atoms with Crippen molar-refractivity contribution in [3.05, 3.63) is 72.1 Å². The number of carbonyl (C=O) groups is 1. The van der Waals surface area contributed by atoms with Crippen LogP contribution >= 0.6 is 0 Å². The van der Waals surface area contributed by atoms with Crippen molar-refractivity contribution in [2.45, 2.75) is 20.4 Å². The fourth-order valence-corrected chi connectivity index (χ4v) is 3.02. The van der Waals surface area contributed by atoms with Gasteiger partial charge in [-0.2, -0.15) is 5.10 Å². The van der Waals surface area contributed by atoms with Crippen LogP contribution in [0.25, 0.3) is 22.6 Å². The number of aryl methyl sites for hydroxylation is 2. The SMILES string of the molecule is Cc1ccc(-c2c(-c3cc(C)no3)cnn2CCNC(=O)c2ccncc2)cn1. The Balaban J connectivity index is 1.59. The predicted octanol–water partition coefficient (Wildman–Crippen LogP) is 3.04. The van der Waals surface area contributed by atoms with Gasteiger partial charge >= 0.3 is 0 Å². The zero-order valence-electron chi connectivity index (χ0n) is 16.2. The van der Waals surface area contributed by atoms with Crippen molar-refractivity contribution in [3.63, 3.8) is 0 Å². The molecule has 0 radical (unpaired) electrons. The van der Waals surface area contributed by atoms with Gasteiger partial charge in [-0.25, -0.2) is 0 Å². The number of pyridine rings is 2. The van der Waals surface area contributed by atoms with Crippen LogP contribution in [0.5, 0.6) is 0 Å².